The van der Waals surface area contributed by atoms with Crippen LogP contribution in [0.3, 0.4) is 0 Å². The van der Waals surface area contributed by atoms with Crippen LogP contribution in [0.1, 0.15) is 54.4 Å². The first-order valence-electron chi connectivity index (χ1n) is 8.24. The molecule has 0 saturated heterocycles. The van der Waals surface area contributed by atoms with Crippen LogP contribution in [0.4, 0.5) is 0 Å². The van der Waals surface area contributed by atoms with E-state index in [1.54, 1.807) is 0 Å². The molecule has 0 aromatic carbocycles. The molecule has 5 atom stereocenters. The lowest BCUT2D eigenvalue weighted by Gasteiger charge is -2.49. The second-order valence-corrected chi connectivity index (χ2v) is 7.67. The van der Waals surface area contributed by atoms with Crippen molar-refractivity contribution in [2.45, 2.75) is 67.0 Å². The number of allylic oxidation sites excluding steroid dienone is 1. The molecule has 19 heavy (non-hydrogen) atoms. The molecule has 0 nitrogen and oxygen atoms in total. The molecule has 0 amide bonds. The van der Waals surface area contributed by atoms with Crippen molar-refractivity contribution in [3.05, 3.63) is 12.2 Å². The van der Waals surface area contributed by atoms with Crippen LogP contribution in [-0.4, -0.2) is 7.28 Å². The van der Waals surface area contributed by atoms with Crippen LogP contribution in [-0.2, 0) is 0 Å². The molecule has 0 aromatic rings. The third kappa shape index (κ3) is 3.89. The summed E-state index contributed by atoms with van der Waals surface area (Å²) in [6.45, 7) is 20.8. The Bertz CT molecular complexity index is 292. The first-order valence-corrected chi connectivity index (χ1v) is 8.24. The van der Waals surface area contributed by atoms with E-state index >= 15 is 0 Å². The minimum absolute atomic E-state index is 0.723. The first kappa shape index (κ1) is 16.9. The Balaban J connectivity index is 2.99. The van der Waals surface area contributed by atoms with Crippen molar-refractivity contribution in [2.24, 2.45) is 35.5 Å². The van der Waals surface area contributed by atoms with E-state index in [0.717, 1.165) is 41.3 Å². The van der Waals surface area contributed by atoms with Crippen molar-refractivity contribution in [3.8, 4) is 0 Å². The normalized spacial score (nSPS) is 35.7. The van der Waals surface area contributed by atoms with E-state index in [9.17, 15) is 0 Å². The van der Waals surface area contributed by atoms with E-state index in [2.05, 4.69) is 62.2 Å². The van der Waals surface area contributed by atoms with Gasteiger partial charge in [-0.25, -0.2) is 0 Å². The van der Waals surface area contributed by atoms with Crippen molar-refractivity contribution in [3.63, 3.8) is 0 Å². The number of rotatable bonds is 5. The van der Waals surface area contributed by atoms with Gasteiger partial charge in [-0.05, 0) is 55.3 Å². The minimum atomic E-state index is 0.723. The van der Waals surface area contributed by atoms with E-state index in [-0.39, 0.29) is 0 Å². The monoisotopic (exact) mass is 261 g/mol. The van der Waals surface area contributed by atoms with Gasteiger partial charge in [-0.3, -0.25) is 0 Å². The summed E-state index contributed by atoms with van der Waals surface area (Å²) in [7, 11) is 2.48. The van der Waals surface area contributed by atoms with Gasteiger partial charge in [0.25, 0.3) is 0 Å². The topological polar surface area (TPSA) is 0 Å². The predicted octanol–water partition coefficient (Wildman–Crippen LogP) is 5.69. The van der Waals surface area contributed by atoms with Crippen LogP contribution < -0.4 is 0 Å². The van der Waals surface area contributed by atoms with Crippen LogP contribution in [0.15, 0.2) is 12.2 Å². The van der Waals surface area contributed by atoms with Gasteiger partial charge in [0, 0.05) is 0 Å². The molecule has 109 valence electrons. The lowest BCUT2D eigenvalue weighted by molar-refractivity contribution is 0.0971. The summed E-state index contributed by atoms with van der Waals surface area (Å²) in [5.74, 6) is 5.55. The lowest BCUT2D eigenvalue weighted by Crippen LogP contribution is -2.41. The average molecular weight is 261 g/mol. The Morgan fingerprint density at radius 1 is 1.26 bits per heavy atom. The van der Waals surface area contributed by atoms with E-state index in [0.29, 0.717) is 0 Å². The maximum atomic E-state index is 4.30. The third-order valence-electron chi connectivity index (χ3n) is 5.38. The quantitative estimate of drug-likeness (QED) is 0.440. The molecule has 0 bridgehead atoms. The number of hydrogen-bond donors (Lipinski definition) is 0. The molecule has 1 aliphatic carbocycles. The summed E-state index contributed by atoms with van der Waals surface area (Å²) < 4.78 is 0. The molecule has 0 aliphatic heterocycles. The SMILES string of the molecule is C=C(C)C1CC(CC(C)C)C(C)C([B]C)C1C(C)C. The second-order valence-electron chi connectivity index (χ2n) is 7.67. The maximum Gasteiger partial charge on any atom is 0.110 e. The molecule has 1 heteroatoms. The van der Waals surface area contributed by atoms with Gasteiger partial charge in [0.05, 0.1) is 0 Å². The van der Waals surface area contributed by atoms with Gasteiger partial charge < -0.3 is 0 Å². The predicted molar refractivity (Wildman–Crippen MR) is 88.7 cm³/mol. The van der Waals surface area contributed by atoms with Crippen molar-refractivity contribution in [2.75, 3.05) is 0 Å². The molecule has 1 rings (SSSR count). The summed E-state index contributed by atoms with van der Waals surface area (Å²) in [5, 5.41) is 0. The highest BCUT2D eigenvalue weighted by atomic mass is 14.4. The molecule has 1 radical (unpaired) electrons. The van der Waals surface area contributed by atoms with E-state index < -0.39 is 0 Å². The van der Waals surface area contributed by atoms with Crippen LogP contribution in [0.2, 0.25) is 12.6 Å². The van der Waals surface area contributed by atoms with Gasteiger partial charge in [-0.15, -0.1) is 0 Å². The van der Waals surface area contributed by atoms with Crippen molar-refractivity contribution in [1.29, 1.82) is 0 Å². The average Bonchev–Trinajstić information content (AvgIpc) is 2.29. The fourth-order valence-electron chi connectivity index (χ4n) is 4.51. The van der Waals surface area contributed by atoms with Crippen LogP contribution in [0.25, 0.3) is 0 Å². The molecular formula is C18H34B. The smallest absolute Gasteiger partial charge is 0.0999 e. The number of hydrogen-bond acceptors (Lipinski definition) is 0. The molecule has 1 aliphatic rings. The van der Waals surface area contributed by atoms with Crippen LogP contribution >= 0.6 is 0 Å². The molecule has 0 aromatic heterocycles. The van der Waals surface area contributed by atoms with Gasteiger partial charge in [-0.1, -0.05) is 59.4 Å². The van der Waals surface area contributed by atoms with Crippen LogP contribution in [0.5, 0.6) is 0 Å². The summed E-state index contributed by atoms with van der Waals surface area (Å²) >= 11 is 0. The van der Waals surface area contributed by atoms with Gasteiger partial charge >= 0.3 is 0 Å². The van der Waals surface area contributed by atoms with Crippen molar-refractivity contribution >= 4 is 7.28 Å². The van der Waals surface area contributed by atoms with Crippen molar-refractivity contribution < 1.29 is 0 Å². The Hall–Kier alpha value is -0.195. The minimum Gasteiger partial charge on any atom is -0.0999 e. The van der Waals surface area contributed by atoms with Crippen LogP contribution in [0, 0.1) is 35.5 Å². The fourth-order valence-corrected chi connectivity index (χ4v) is 4.51. The van der Waals surface area contributed by atoms with Gasteiger partial charge in [0.15, 0.2) is 0 Å². The largest absolute Gasteiger partial charge is 0.110 e. The summed E-state index contributed by atoms with van der Waals surface area (Å²) in [4.78, 5) is 0. The Morgan fingerprint density at radius 2 is 1.84 bits per heavy atom. The molecule has 0 N–H and O–H groups in total. The Labute approximate surface area is 122 Å². The zero-order valence-corrected chi connectivity index (χ0v) is 14.2. The summed E-state index contributed by atoms with van der Waals surface area (Å²) in [6, 6.07) is 0. The highest BCUT2D eigenvalue weighted by Gasteiger charge is 2.42. The third-order valence-corrected chi connectivity index (χ3v) is 5.38. The fraction of sp³-hybridized carbons (Fsp3) is 0.889. The highest BCUT2D eigenvalue weighted by Crippen LogP contribution is 2.52. The molecule has 1 fully saturated rings. The zero-order chi connectivity index (χ0) is 14.7. The Morgan fingerprint density at radius 3 is 2.21 bits per heavy atom. The molecular weight excluding hydrogens is 227 g/mol. The maximum absolute atomic E-state index is 4.30. The van der Waals surface area contributed by atoms with E-state index in [1.165, 1.54) is 18.4 Å². The molecule has 0 heterocycles. The standard InChI is InChI=1S/C18H34B/c1-11(2)9-15-10-16(12(3)4)17(13(5)6)18(19-8)14(15)7/h11,13-18H,3,9-10H2,1-2,4-8H3. The molecule has 0 spiro atoms. The van der Waals surface area contributed by atoms with E-state index in [4.69, 9.17) is 0 Å². The van der Waals surface area contributed by atoms with E-state index in [1.807, 2.05) is 0 Å². The lowest BCUT2D eigenvalue weighted by atomic mass is 9.45. The Kier molecular flexibility index (Phi) is 6.21. The van der Waals surface area contributed by atoms with Gasteiger partial charge in [0.1, 0.15) is 7.28 Å². The second kappa shape index (κ2) is 7.00. The van der Waals surface area contributed by atoms with Gasteiger partial charge in [-0.2, -0.15) is 0 Å². The first-order chi connectivity index (χ1) is 8.79. The summed E-state index contributed by atoms with van der Waals surface area (Å²) in [5.41, 5.74) is 1.41. The molecule has 1 saturated carbocycles. The van der Waals surface area contributed by atoms with Gasteiger partial charge in [0.2, 0.25) is 0 Å². The zero-order valence-electron chi connectivity index (χ0n) is 14.2. The molecule has 5 unspecified atom stereocenters. The summed E-state index contributed by atoms with van der Waals surface area (Å²) in [6.07, 6.45) is 2.74. The van der Waals surface area contributed by atoms with Crippen molar-refractivity contribution in [1.82, 2.24) is 0 Å². The highest BCUT2D eigenvalue weighted by molar-refractivity contribution is 6.36.